The van der Waals surface area contributed by atoms with Gasteiger partial charge in [-0.2, -0.15) is 0 Å². The summed E-state index contributed by atoms with van der Waals surface area (Å²) in [5.74, 6) is 1.28. The van der Waals surface area contributed by atoms with Crippen LogP contribution in [0.15, 0.2) is 85.3 Å². The number of anilines is 2. The second-order valence-corrected chi connectivity index (χ2v) is 11.3. The number of aromatic amines is 1. The number of benzene rings is 3. The largest absolute Gasteiger partial charge is 0.453 e. The molecule has 6 rings (SSSR count). The molecule has 2 aromatic heterocycles. The molecule has 44 heavy (non-hydrogen) atoms. The van der Waals surface area contributed by atoms with E-state index in [1.807, 2.05) is 61.3 Å². The van der Waals surface area contributed by atoms with Gasteiger partial charge < -0.3 is 25.3 Å². The second kappa shape index (κ2) is 12.5. The van der Waals surface area contributed by atoms with Crippen molar-refractivity contribution in [2.45, 2.75) is 38.8 Å². The molecule has 0 aliphatic carbocycles. The number of ether oxygens (including phenoxy) is 1. The molecule has 3 heterocycles. The molecule has 1 saturated heterocycles. The van der Waals surface area contributed by atoms with E-state index >= 15 is 0 Å². The van der Waals surface area contributed by atoms with Gasteiger partial charge in [-0.1, -0.05) is 62.4 Å². The van der Waals surface area contributed by atoms with Gasteiger partial charge in [0.2, 0.25) is 5.91 Å². The Bertz CT molecular complexity index is 1770. The Morgan fingerprint density at radius 1 is 1.00 bits per heavy atom. The average Bonchev–Trinajstić information content (AvgIpc) is 3.71. The third kappa shape index (κ3) is 5.96. The van der Waals surface area contributed by atoms with E-state index in [1.165, 1.54) is 7.11 Å². The number of fused-ring (bicyclic) bond motifs is 1. The number of nitrogens with one attached hydrogen (secondary N) is 3. The van der Waals surface area contributed by atoms with E-state index < -0.39 is 12.1 Å². The van der Waals surface area contributed by atoms with E-state index in [0.29, 0.717) is 6.54 Å². The second-order valence-electron chi connectivity index (χ2n) is 11.3. The lowest BCUT2D eigenvalue weighted by molar-refractivity contribution is -0.135. The van der Waals surface area contributed by atoms with Crippen LogP contribution in [0.2, 0.25) is 0 Å². The number of aromatic nitrogens is 4. The van der Waals surface area contributed by atoms with Crippen LogP contribution in [-0.2, 0) is 9.53 Å². The summed E-state index contributed by atoms with van der Waals surface area (Å²) in [5, 5.41) is 6.09. The first-order valence-corrected chi connectivity index (χ1v) is 14.8. The van der Waals surface area contributed by atoms with Gasteiger partial charge in [-0.15, -0.1) is 0 Å². The van der Waals surface area contributed by atoms with Crippen LogP contribution in [-0.4, -0.2) is 56.5 Å². The number of hydrogen-bond acceptors (Lipinski definition) is 7. The number of likely N-dealkylation sites (tertiary alicyclic amines) is 1. The van der Waals surface area contributed by atoms with Gasteiger partial charge in [0.05, 0.1) is 24.2 Å². The Morgan fingerprint density at radius 3 is 2.50 bits per heavy atom. The van der Waals surface area contributed by atoms with Crippen molar-refractivity contribution in [3.63, 3.8) is 0 Å². The lowest BCUT2D eigenvalue weighted by Gasteiger charge is -2.29. The van der Waals surface area contributed by atoms with E-state index in [9.17, 15) is 9.59 Å². The molecular formula is C34H35N7O3. The van der Waals surface area contributed by atoms with Gasteiger partial charge in [0.15, 0.2) is 0 Å². The fourth-order valence-corrected chi connectivity index (χ4v) is 5.70. The number of carbonyl (C=O) groups excluding carboxylic acids is 2. The number of H-pyrrole nitrogens is 1. The highest BCUT2D eigenvalue weighted by Crippen LogP contribution is 2.34. The Morgan fingerprint density at radius 2 is 1.75 bits per heavy atom. The molecule has 2 amide bonds. The quantitative estimate of drug-likeness (QED) is 0.189. The fraction of sp³-hybridized carbons (Fsp3) is 0.265. The van der Waals surface area contributed by atoms with E-state index in [0.717, 1.165) is 63.5 Å². The molecule has 224 valence electrons. The molecule has 10 nitrogen and oxygen atoms in total. The summed E-state index contributed by atoms with van der Waals surface area (Å²) in [4.78, 5) is 44.3. The maximum Gasteiger partial charge on any atom is 0.407 e. The van der Waals surface area contributed by atoms with Crippen molar-refractivity contribution in [2.24, 2.45) is 5.92 Å². The van der Waals surface area contributed by atoms with Crippen molar-refractivity contribution in [1.82, 2.24) is 30.2 Å². The number of carbonyl (C=O) groups is 2. The molecule has 0 unspecified atom stereocenters. The predicted octanol–water partition coefficient (Wildman–Crippen LogP) is 6.47. The summed E-state index contributed by atoms with van der Waals surface area (Å²) in [6, 6.07) is 23.5. The van der Waals surface area contributed by atoms with Crippen LogP contribution < -0.4 is 10.6 Å². The molecular weight excluding hydrogens is 554 g/mol. The van der Waals surface area contributed by atoms with Crippen LogP contribution in [0.5, 0.6) is 0 Å². The molecule has 3 aromatic carbocycles. The minimum atomic E-state index is -0.672. The third-order valence-electron chi connectivity index (χ3n) is 8.02. The van der Waals surface area contributed by atoms with E-state index in [1.54, 1.807) is 6.33 Å². The predicted molar refractivity (Wildman–Crippen MR) is 170 cm³/mol. The molecule has 0 radical (unpaired) electrons. The van der Waals surface area contributed by atoms with Gasteiger partial charge in [-0.3, -0.25) is 4.79 Å². The van der Waals surface area contributed by atoms with Gasteiger partial charge in [0.25, 0.3) is 0 Å². The van der Waals surface area contributed by atoms with Crippen LogP contribution in [0.3, 0.4) is 0 Å². The summed E-state index contributed by atoms with van der Waals surface area (Å²) in [5.41, 5.74) is 6.73. The fourth-order valence-electron chi connectivity index (χ4n) is 5.70. The van der Waals surface area contributed by atoms with Gasteiger partial charge in [0, 0.05) is 24.0 Å². The number of nitrogens with zero attached hydrogens (tertiary/aromatic N) is 4. The Balaban J connectivity index is 1.22. The molecule has 0 spiro atoms. The topological polar surface area (TPSA) is 125 Å². The van der Waals surface area contributed by atoms with Crippen LogP contribution in [0.4, 0.5) is 16.3 Å². The van der Waals surface area contributed by atoms with Crippen LogP contribution in [0.25, 0.3) is 33.3 Å². The number of hydrogen-bond donors (Lipinski definition) is 3. The Hall–Kier alpha value is -5.25. The summed E-state index contributed by atoms with van der Waals surface area (Å²) in [6.45, 7) is 4.43. The van der Waals surface area contributed by atoms with Crippen LogP contribution in [0.1, 0.15) is 38.6 Å². The Kier molecular flexibility index (Phi) is 8.23. The van der Waals surface area contributed by atoms with Crippen molar-refractivity contribution in [2.75, 3.05) is 19.0 Å². The molecule has 1 aliphatic rings. The lowest BCUT2D eigenvalue weighted by atomic mass is 10.0. The molecule has 5 aromatic rings. The summed E-state index contributed by atoms with van der Waals surface area (Å²) >= 11 is 0. The van der Waals surface area contributed by atoms with E-state index in [-0.39, 0.29) is 17.9 Å². The highest BCUT2D eigenvalue weighted by molar-refractivity contribution is 5.87. The highest BCUT2D eigenvalue weighted by atomic mass is 16.5. The van der Waals surface area contributed by atoms with Crippen molar-refractivity contribution < 1.29 is 14.3 Å². The number of para-hydroxylation sites is 1. The number of imidazole rings is 1. The third-order valence-corrected chi connectivity index (χ3v) is 8.02. The summed E-state index contributed by atoms with van der Waals surface area (Å²) in [6.07, 6.45) is 4.41. The first-order chi connectivity index (χ1) is 21.4. The molecule has 10 heteroatoms. The van der Waals surface area contributed by atoms with Crippen LogP contribution >= 0.6 is 0 Å². The van der Waals surface area contributed by atoms with Crippen molar-refractivity contribution in [3.05, 3.63) is 91.1 Å². The zero-order chi connectivity index (χ0) is 30.6. The monoisotopic (exact) mass is 589 g/mol. The summed E-state index contributed by atoms with van der Waals surface area (Å²) in [7, 11) is 1.30. The van der Waals surface area contributed by atoms with Gasteiger partial charge in [0.1, 0.15) is 24.0 Å². The minimum Gasteiger partial charge on any atom is -0.453 e. The van der Waals surface area contributed by atoms with Gasteiger partial charge >= 0.3 is 6.09 Å². The van der Waals surface area contributed by atoms with Crippen molar-refractivity contribution in [1.29, 1.82) is 0 Å². The lowest BCUT2D eigenvalue weighted by Crippen LogP contribution is -2.51. The number of rotatable bonds is 8. The SMILES string of the molecule is COC(=O)N[C@H](C(=O)N1CCC[C@H]1c1nc2ccc(-c3ccc(-c4cncnc4Nc4ccccc4)cc3)cc2[nH]1)C(C)C. The molecule has 1 aliphatic heterocycles. The maximum atomic E-state index is 13.5. The zero-order valence-corrected chi connectivity index (χ0v) is 24.9. The maximum absolute atomic E-state index is 13.5. The highest BCUT2D eigenvalue weighted by Gasteiger charge is 2.37. The number of methoxy groups -OCH3 is 1. The molecule has 3 N–H and O–H groups in total. The summed E-state index contributed by atoms with van der Waals surface area (Å²) < 4.78 is 4.75. The van der Waals surface area contributed by atoms with Crippen molar-refractivity contribution in [3.8, 4) is 22.3 Å². The standard InChI is InChI=1S/C34H35N7O3/c1-21(2)30(40-34(43)44-3)33(42)41-17-7-10-29(41)32-38-27-16-15-24(18-28(27)39-32)22-11-13-23(14-12-22)26-19-35-20-36-31(26)37-25-8-5-4-6-9-25/h4-6,8-9,11-16,18-21,29-30H,7,10,17H2,1-3H3,(H,38,39)(H,40,43)(H,35,36,37)/t29-,30-/m0/s1. The van der Waals surface area contributed by atoms with Gasteiger partial charge in [-0.25, -0.2) is 19.7 Å². The smallest absolute Gasteiger partial charge is 0.407 e. The molecule has 0 bridgehead atoms. The normalized spacial score (nSPS) is 15.4. The Labute approximate surface area is 255 Å². The first kappa shape index (κ1) is 28.9. The zero-order valence-electron chi connectivity index (χ0n) is 24.9. The molecule has 2 atom stereocenters. The average molecular weight is 590 g/mol. The molecule has 1 fully saturated rings. The van der Waals surface area contributed by atoms with E-state index in [2.05, 4.69) is 62.0 Å². The number of alkyl carbamates (subject to hydrolysis) is 1. The van der Waals surface area contributed by atoms with Gasteiger partial charge in [-0.05, 0) is 59.7 Å². The molecule has 0 saturated carbocycles. The minimum absolute atomic E-state index is 0.0893. The van der Waals surface area contributed by atoms with Crippen molar-refractivity contribution >= 4 is 34.5 Å². The van der Waals surface area contributed by atoms with Crippen LogP contribution in [0, 0.1) is 5.92 Å². The van der Waals surface area contributed by atoms with E-state index in [4.69, 9.17) is 9.72 Å². The number of amides is 2. The first-order valence-electron chi connectivity index (χ1n) is 14.8.